The number of hydrogen-bond acceptors (Lipinski definition) is 4. The van der Waals surface area contributed by atoms with Gasteiger partial charge in [0.1, 0.15) is 11.5 Å². The van der Waals surface area contributed by atoms with Crippen LogP contribution in [0.15, 0.2) is 42.5 Å². The summed E-state index contributed by atoms with van der Waals surface area (Å²) < 4.78 is 10.4. The van der Waals surface area contributed by atoms with Gasteiger partial charge in [0.05, 0.1) is 25.3 Å². The number of ether oxygens (including phenoxy) is 2. The molecular weight excluding hydrogens is 316 g/mol. The van der Waals surface area contributed by atoms with Crippen LogP contribution in [0.4, 0.5) is 11.4 Å². The molecule has 0 bridgehead atoms. The Bertz CT molecular complexity index is 659. The van der Waals surface area contributed by atoms with Gasteiger partial charge in [-0.05, 0) is 49.4 Å². The monoisotopic (exact) mass is 334 g/mol. The van der Waals surface area contributed by atoms with E-state index in [2.05, 4.69) is 10.6 Å². The van der Waals surface area contributed by atoms with Crippen molar-refractivity contribution >= 4 is 28.9 Å². The Hall–Kier alpha value is -2.40. The molecule has 2 aromatic rings. The summed E-state index contributed by atoms with van der Waals surface area (Å²) in [5, 5.41) is 6.31. The number of hydrogen-bond donors (Lipinski definition) is 2. The fourth-order valence-electron chi connectivity index (χ4n) is 1.97. The number of carbonyl (C=O) groups is 1. The summed E-state index contributed by atoms with van der Waals surface area (Å²) in [5.74, 6) is 1.22. The van der Waals surface area contributed by atoms with Crippen LogP contribution in [0.3, 0.4) is 0 Å². The Balaban J connectivity index is 1.86. The van der Waals surface area contributed by atoms with Crippen LogP contribution >= 0.6 is 11.6 Å². The van der Waals surface area contributed by atoms with E-state index in [-0.39, 0.29) is 12.5 Å². The topological polar surface area (TPSA) is 59.6 Å². The molecule has 0 saturated carbocycles. The summed E-state index contributed by atoms with van der Waals surface area (Å²) in [5.41, 5.74) is 1.46. The SMILES string of the molecule is CCOc1ccc(NC(=O)CNc2ccc(OC)c(Cl)c2)cc1. The summed E-state index contributed by atoms with van der Waals surface area (Å²) in [6.45, 7) is 2.67. The molecule has 0 fully saturated rings. The average Bonchev–Trinajstić information content (AvgIpc) is 2.55. The van der Waals surface area contributed by atoms with E-state index in [0.717, 1.165) is 11.4 Å². The Morgan fingerprint density at radius 3 is 2.43 bits per heavy atom. The van der Waals surface area contributed by atoms with E-state index in [0.29, 0.717) is 23.1 Å². The maximum atomic E-state index is 11.9. The van der Waals surface area contributed by atoms with Crippen molar-refractivity contribution in [2.45, 2.75) is 6.92 Å². The van der Waals surface area contributed by atoms with Gasteiger partial charge in [-0.25, -0.2) is 0 Å². The van der Waals surface area contributed by atoms with Crippen molar-refractivity contribution in [2.24, 2.45) is 0 Å². The van der Waals surface area contributed by atoms with Gasteiger partial charge in [0.25, 0.3) is 0 Å². The second-order valence-corrected chi connectivity index (χ2v) is 5.12. The molecule has 0 spiro atoms. The van der Waals surface area contributed by atoms with Gasteiger partial charge in [-0.2, -0.15) is 0 Å². The van der Waals surface area contributed by atoms with Gasteiger partial charge >= 0.3 is 0 Å². The fourth-order valence-corrected chi connectivity index (χ4v) is 2.22. The summed E-state index contributed by atoms with van der Waals surface area (Å²) in [6.07, 6.45) is 0. The molecular formula is C17H19ClN2O3. The fraction of sp³-hybridized carbons (Fsp3) is 0.235. The lowest BCUT2D eigenvalue weighted by atomic mass is 10.3. The van der Waals surface area contributed by atoms with Gasteiger partial charge in [-0.3, -0.25) is 4.79 Å². The van der Waals surface area contributed by atoms with Gasteiger partial charge in [0.15, 0.2) is 0 Å². The van der Waals surface area contributed by atoms with E-state index in [1.165, 1.54) is 0 Å². The third kappa shape index (κ3) is 5.07. The van der Waals surface area contributed by atoms with Gasteiger partial charge in [0.2, 0.25) is 5.91 Å². The minimum Gasteiger partial charge on any atom is -0.495 e. The minimum atomic E-state index is -0.152. The van der Waals surface area contributed by atoms with Crippen LogP contribution in [0.5, 0.6) is 11.5 Å². The molecule has 122 valence electrons. The highest BCUT2D eigenvalue weighted by Crippen LogP contribution is 2.27. The molecule has 0 atom stereocenters. The maximum Gasteiger partial charge on any atom is 0.243 e. The Kier molecular flexibility index (Phi) is 6.11. The zero-order valence-corrected chi connectivity index (χ0v) is 13.8. The van der Waals surface area contributed by atoms with Crippen LogP contribution in [-0.2, 0) is 4.79 Å². The molecule has 1 amide bonds. The van der Waals surface area contributed by atoms with Gasteiger partial charge in [0, 0.05) is 11.4 Å². The summed E-state index contributed by atoms with van der Waals surface area (Å²) in [7, 11) is 1.55. The van der Waals surface area contributed by atoms with Crippen molar-refractivity contribution in [3.8, 4) is 11.5 Å². The number of nitrogens with one attached hydrogen (secondary N) is 2. The number of halogens is 1. The number of benzene rings is 2. The molecule has 0 aliphatic heterocycles. The van der Waals surface area contributed by atoms with E-state index in [1.807, 2.05) is 19.1 Å². The van der Waals surface area contributed by atoms with Crippen LogP contribution in [0.25, 0.3) is 0 Å². The first-order valence-corrected chi connectivity index (χ1v) is 7.60. The normalized spacial score (nSPS) is 10.0. The van der Waals surface area contributed by atoms with Crippen LogP contribution in [0.2, 0.25) is 5.02 Å². The average molecular weight is 335 g/mol. The lowest BCUT2D eigenvalue weighted by Crippen LogP contribution is -2.21. The van der Waals surface area contributed by atoms with Crippen molar-refractivity contribution in [1.82, 2.24) is 0 Å². The van der Waals surface area contributed by atoms with E-state index in [9.17, 15) is 4.79 Å². The highest BCUT2D eigenvalue weighted by Gasteiger charge is 2.05. The molecule has 6 heteroatoms. The number of carbonyl (C=O) groups excluding carboxylic acids is 1. The predicted octanol–water partition coefficient (Wildman–Crippen LogP) is 3.80. The molecule has 2 aromatic carbocycles. The third-order valence-corrected chi connectivity index (χ3v) is 3.35. The van der Waals surface area contributed by atoms with Crippen molar-refractivity contribution in [2.75, 3.05) is 30.9 Å². The zero-order chi connectivity index (χ0) is 16.7. The summed E-state index contributed by atoms with van der Waals surface area (Å²) >= 11 is 6.04. The lowest BCUT2D eigenvalue weighted by molar-refractivity contribution is -0.114. The molecule has 0 radical (unpaired) electrons. The number of amides is 1. The number of anilines is 2. The molecule has 2 rings (SSSR count). The molecule has 0 aromatic heterocycles. The first-order chi connectivity index (χ1) is 11.1. The van der Waals surface area contributed by atoms with Crippen LogP contribution < -0.4 is 20.1 Å². The van der Waals surface area contributed by atoms with Crippen molar-refractivity contribution < 1.29 is 14.3 Å². The van der Waals surface area contributed by atoms with Crippen molar-refractivity contribution in [3.05, 3.63) is 47.5 Å². The quantitative estimate of drug-likeness (QED) is 0.808. The summed E-state index contributed by atoms with van der Waals surface area (Å²) in [6, 6.07) is 12.5. The number of rotatable bonds is 7. The predicted molar refractivity (Wildman–Crippen MR) is 92.7 cm³/mol. The molecule has 0 aliphatic rings. The molecule has 0 aliphatic carbocycles. The molecule has 0 heterocycles. The van der Waals surface area contributed by atoms with Crippen LogP contribution in [-0.4, -0.2) is 26.2 Å². The smallest absolute Gasteiger partial charge is 0.243 e. The van der Waals surface area contributed by atoms with Crippen LogP contribution in [0.1, 0.15) is 6.92 Å². The first kappa shape index (κ1) is 17.0. The summed E-state index contributed by atoms with van der Waals surface area (Å²) in [4.78, 5) is 11.9. The van der Waals surface area contributed by atoms with E-state index in [4.69, 9.17) is 21.1 Å². The second kappa shape index (κ2) is 8.29. The van der Waals surface area contributed by atoms with Gasteiger partial charge in [-0.1, -0.05) is 11.6 Å². The molecule has 2 N–H and O–H groups in total. The van der Waals surface area contributed by atoms with Crippen molar-refractivity contribution in [1.29, 1.82) is 0 Å². The van der Waals surface area contributed by atoms with Crippen LogP contribution in [0, 0.1) is 0 Å². The molecule has 5 nitrogen and oxygen atoms in total. The molecule has 0 saturated heterocycles. The highest BCUT2D eigenvalue weighted by molar-refractivity contribution is 6.32. The van der Waals surface area contributed by atoms with E-state index in [1.54, 1.807) is 37.4 Å². The Labute approximate surface area is 140 Å². The number of methoxy groups -OCH3 is 1. The molecule has 23 heavy (non-hydrogen) atoms. The highest BCUT2D eigenvalue weighted by atomic mass is 35.5. The van der Waals surface area contributed by atoms with E-state index < -0.39 is 0 Å². The van der Waals surface area contributed by atoms with Gasteiger partial charge in [-0.15, -0.1) is 0 Å². The largest absolute Gasteiger partial charge is 0.495 e. The molecule has 0 unspecified atom stereocenters. The Morgan fingerprint density at radius 1 is 1.13 bits per heavy atom. The zero-order valence-electron chi connectivity index (χ0n) is 13.1. The minimum absolute atomic E-state index is 0.135. The van der Waals surface area contributed by atoms with Crippen molar-refractivity contribution in [3.63, 3.8) is 0 Å². The van der Waals surface area contributed by atoms with E-state index >= 15 is 0 Å². The lowest BCUT2D eigenvalue weighted by Gasteiger charge is -2.10. The standard InChI is InChI=1S/C17H19ClN2O3/c1-3-23-14-7-4-12(5-8-14)20-17(21)11-19-13-6-9-16(22-2)15(18)10-13/h4-10,19H,3,11H2,1-2H3,(H,20,21). The third-order valence-electron chi connectivity index (χ3n) is 3.05. The second-order valence-electron chi connectivity index (χ2n) is 4.71. The Morgan fingerprint density at radius 2 is 1.83 bits per heavy atom. The first-order valence-electron chi connectivity index (χ1n) is 7.22. The van der Waals surface area contributed by atoms with Gasteiger partial charge < -0.3 is 20.1 Å². The maximum absolute atomic E-state index is 11.9.